The lowest BCUT2D eigenvalue weighted by Gasteiger charge is -2.18. The van der Waals surface area contributed by atoms with E-state index in [2.05, 4.69) is 5.32 Å². The van der Waals surface area contributed by atoms with Crippen molar-refractivity contribution in [3.05, 3.63) is 34.3 Å². The average Bonchev–Trinajstić information content (AvgIpc) is 2.25. The maximum atomic E-state index is 11.3. The van der Waals surface area contributed by atoms with Gasteiger partial charge in [-0.3, -0.25) is 10.1 Å². The summed E-state index contributed by atoms with van der Waals surface area (Å²) < 4.78 is 0. The molecule has 0 saturated carbocycles. The molecule has 0 heterocycles. The van der Waals surface area contributed by atoms with Crippen LogP contribution in [-0.4, -0.2) is 43.2 Å². The van der Waals surface area contributed by atoms with Gasteiger partial charge in [0.2, 0.25) is 0 Å². The lowest BCUT2D eigenvalue weighted by atomic mass is 10.0. The Morgan fingerprint density at radius 3 is 2.67 bits per heavy atom. The summed E-state index contributed by atoms with van der Waals surface area (Å²) in [5.41, 5.74) is 1.64. The van der Waals surface area contributed by atoms with E-state index in [4.69, 9.17) is 11.6 Å². The van der Waals surface area contributed by atoms with Gasteiger partial charge >= 0.3 is 5.97 Å². The molecular weight excluding hydrogens is 252 g/mol. The Kier molecular flexibility index (Phi) is 5.59. The Labute approximate surface area is 113 Å². The molecule has 0 aliphatic heterocycles. The van der Waals surface area contributed by atoms with Crippen LogP contribution in [0.4, 0.5) is 0 Å². The first kappa shape index (κ1) is 15.0. The molecule has 0 aliphatic rings. The van der Waals surface area contributed by atoms with Crippen LogP contribution in [0.3, 0.4) is 0 Å². The summed E-state index contributed by atoms with van der Waals surface area (Å²) in [5, 5.41) is 12.9. The number of benzene rings is 1. The second kappa shape index (κ2) is 6.73. The highest BCUT2D eigenvalue weighted by atomic mass is 35.5. The molecule has 1 unspecified atom stereocenters. The average molecular weight is 271 g/mol. The fourth-order valence-corrected chi connectivity index (χ4v) is 1.95. The molecule has 4 nitrogen and oxygen atoms in total. The van der Waals surface area contributed by atoms with Gasteiger partial charge in [0.1, 0.15) is 6.04 Å². The SMILES string of the molecule is Cc1cc(Cl)ccc1C(NCCN(C)C)C(=O)O. The fourth-order valence-electron chi connectivity index (χ4n) is 1.73. The van der Waals surface area contributed by atoms with E-state index in [1.807, 2.05) is 25.9 Å². The number of nitrogens with zero attached hydrogens (tertiary/aromatic N) is 1. The van der Waals surface area contributed by atoms with E-state index < -0.39 is 12.0 Å². The van der Waals surface area contributed by atoms with Crippen molar-refractivity contribution in [3.63, 3.8) is 0 Å². The van der Waals surface area contributed by atoms with Gasteiger partial charge in [-0.25, -0.2) is 0 Å². The van der Waals surface area contributed by atoms with Crippen LogP contribution in [0, 0.1) is 6.92 Å². The van der Waals surface area contributed by atoms with Gasteiger partial charge in [-0.1, -0.05) is 17.7 Å². The first-order valence-electron chi connectivity index (χ1n) is 5.78. The smallest absolute Gasteiger partial charge is 0.325 e. The number of likely N-dealkylation sites (N-methyl/N-ethyl adjacent to an activating group) is 1. The summed E-state index contributed by atoms with van der Waals surface area (Å²) in [4.78, 5) is 13.3. The number of aryl methyl sites for hydroxylation is 1. The number of carbonyl (C=O) groups is 1. The molecule has 1 aromatic carbocycles. The molecule has 5 heteroatoms. The van der Waals surface area contributed by atoms with Crippen molar-refractivity contribution >= 4 is 17.6 Å². The van der Waals surface area contributed by atoms with E-state index in [1.165, 1.54) is 0 Å². The molecule has 1 aromatic rings. The van der Waals surface area contributed by atoms with Crippen LogP contribution in [0.5, 0.6) is 0 Å². The molecule has 0 bridgehead atoms. The van der Waals surface area contributed by atoms with Crippen molar-refractivity contribution in [2.45, 2.75) is 13.0 Å². The zero-order chi connectivity index (χ0) is 13.7. The topological polar surface area (TPSA) is 52.6 Å². The van der Waals surface area contributed by atoms with Crippen molar-refractivity contribution in [3.8, 4) is 0 Å². The van der Waals surface area contributed by atoms with Crippen LogP contribution >= 0.6 is 11.6 Å². The van der Waals surface area contributed by atoms with E-state index in [-0.39, 0.29) is 0 Å². The predicted octanol–water partition coefficient (Wildman–Crippen LogP) is 1.93. The van der Waals surface area contributed by atoms with Gasteiger partial charge in [-0.05, 0) is 44.3 Å². The molecule has 0 saturated heterocycles. The molecule has 0 radical (unpaired) electrons. The highest BCUT2D eigenvalue weighted by Gasteiger charge is 2.20. The van der Waals surface area contributed by atoms with E-state index in [9.17, 15) is 9.90 Å². The highest BCUT2D eigenvalue weighted by molar-refractivity contribution is 6.30. The van der Waals surface area contributed by atoms with Crippen LogP contribution in [-0.2, 0) is 4.79 Å². The molecule has 18 heavy (non-hydrogen) atoms. The number of aliphatic carboxylic acids is 1. The third-order valence-corrected chi connectivity index (χ3v) is 2.93. The van der Waals surface area contributed by atoms with E-state index in [0.29, 0.717) is 11.6 Å². The second-order valence-corrected chi connectivity index (χ2v) is 4.97. The minimum absolute atomic E-state index is 0.617. The largest absolute Gasteiger partial charge is 0.480 e. The van der Waals surface area contributed by atoms with Crippen molar-refractivity contribution in [1.29, 1.82) is 0 Å². The number of rotatable bonds is 6. The zero-order valence-corrected chi connectivity index (χ0v) is 11.7. The third kappa shape index (κ3) is 4.29. The van der Waals surface area contributed by atoms with Gasteiger partial charge in [0, 0.05) is 18.1 Å². The minimum Gasteiger partial charge on any atom is -0.480 e. The maximum absolute atomic E-state index is 11.3. The molecule has 1 atom stereocenters. The molecule has 100 valence electrons. The van der Waals surface area contributed by atoms with Crippen LogP contribution in [0.25, 0.3) is 0 Å². The monoisotopic (exact) mass is 270 g/mol. The molecule has 0 amide bonds. The lowest BCUT2D eigenvalue weighted by molar-refractivity contribution is -0.139. The van der Waals surface area contributed by atoms with E-state index in [1.54, 1.807) is 18.2 Å². The van der Waals surface area contributed by atoms with Crippen LogP contribution < -0.4 is 5.32 Å². The van der Waals surface area contributed by atoms with Crippen LogP contribution in [0.2, 0.25) is 5.02 Å². The van der Waals surface area contributed by atoms with Crippen molar-refractivity contribution < 1.29 is 9.90 Å². The first-order chi connectivity index (χ1) is 8.41. The van der Waals surface area contributed by atoms with Crippen molar-refractivity contribution in [2.75, 3.05) is 27.2 Å². The Balaban J connectivity index is 2.81. The van der Waals surface area contributed by atoms with Crippen LogP contribution in [0.1, 0.15) is 17.2 Å². The molecule has 0 spiro atoms. The lowest BCUT2D eigenvalue weighted by Crippen LogP contribution is -2.34. The number of carboxylic acid groups (broad SMARTS) is 1. The number of hydrogen-bond acceptors (Lipinski definition) is 3. The second-order valence-electron chi connectivity index (χ2n) is 4.53. The molecular formula is C13H19ClN2O2. The fraction of sp³-hybridized carbons (Fsp3) is 0.462. The van der Waals surface area contributed by atoms with E-state index in [0.717, 1.165) is 17.7 Å². The number of carboxylic acids is 1. The van der Waals surface area contributed by atoms with Crippen LogP contribution in [0.15, 0.2) is 18.2 Å². The Morgan fingerprint density at radius 1 is 1.50 bits per heavy atom. The van der Waals surface area contributed by atoms with Gasteiger partial charge < -0.3 is 10.0 Å². The highest BCUT2D eigenvalue weighted by Crippen LogP contribution is 2.21. The van der Waals surface area contributed by atoms with Crippen molar-refractivity contribution in [1.82, 2.24) is 10.2 Å². The summed E-state index contributed by atoms with van der Waals surface area (Å²) >= 11 is 5.87. The van der Waals surface area contributed by atoms with E-state index >= 15 is 0 Å². The first-order valence-corrected chi connectivity index (χ1v) is 6.16. The normalized spacial score (nSPS) is 12.7. The summed E-state index contributed by atoms with van der Waals surface area (Å²) in [6, 6.07) is 4.56. The van der Waals surface area contributed by atoms with Gasteiger partial charge in [-0.2, -0.15) is 0 Å². The van der Waals surface area contributed by atoms with Gasteiger partial charge in [0.15, 0.2) is 0 Å². The Bertz CT molecular complexity index is 421. The maximum Gasteiger partial charge on any atom is 0.325 e. The standard InChI is InChI=1S/C13H19ClN2O2/c1-9-8-10(14)4-5-11(9)12(13(17)18)15-6-7-16(2)3/h4-5,8,12,15H,6-7H2,1-3H3,(H,17,18). The third-order valence-electron chi connectivity index (χ3n) is 2.70. The number of halogens is 1. The molecule has 0 aromatic heterocycles. The summed E-state index contributed by atoms with van der Waals surface area (Å²) in [7, 11) is 3.90. The summed E-state index contributed by atoms with van der Waals surface area (Å²) in [6.45, 7) is 3.27. The molecule has 1 rings (SSSR count). The number of nitrogens with one attached hydrogen (secondary N) is 1. The Hall–Kier alpha value is -1.10. The minimum atomic E-state index is -0.876. The van der Waals surface area contributed by atoms with Gasteiger partial charge in [0.05, 0.1) is 0 Å². The Morgan fingerprint density at radius 2 is 2.17 bits per heavy atom. The van der Waals surface area contributed by atoms with Gasteiger partial charge in [0.25, 0.3) is 0 Å². The quantitative estimate of drug-likeness (QED) is 0.829. The van der Waals surface area contributed by atoms with Gasteiger partial charge in [-0.15, -0.1) is 0 Å². The predicted molar refractivity (Wildman–Crippen MR) is 73.1 cm³/mol. The summed E-state index contributed by atoms with van der Waals surface area (Å²) in [6.07, 6.45) is 0. The molecule has 2 N–H and O–H groups in total. The van der Waals surface area contributed by atoms with Crippen molar-refractivity contribution in [2.24, 2.45) is 0 Å². The zero-order valence-electron chi connectivity index (χ0n) is 10.9. The molecule has 0 fully saturated rings. The summed E-state index contributed by atoms with van der Waals surface area (Å²) in [5.74, 6) is -0.876. The number of hydrogen-bond donors (Lipinski definition) is 2. The molecule has 0 aliphatic carbocycles.